The Morgan fingerprint density at radius 1 is 1.38 bits per heavy atom. The summed E-state index contributed by atoms with van der Waals surface area (Å²) in [5.74, 6) is 1.49. The molecule has 1 aromatic carbocycles. The summed E-state index contributed by atoms with van der Waals surface area (Å²) >= 11 is 6.37. The molecule has 146 valence electrons. The minimum atomic E-state index is 0. The number of piperidine rings is 1. The van der Waals surface area contributed by atoms with E-state index >= 15 is 0 Å². The fourth-order valence-corrected chi connectivity index (χ4v) is 4.07. The minimum absolute atomic E-state index is 0. The van der Waals surface area contributed by atoms with E-state index in [0.717, 1.165) is 74.7 Å². The minimum Gasteiger partial charge on any atom is -0.496 e. The normalized spacial score (nSPS) is 23.3. The van der Waals surface area contributed by atoms with E-state index in [1.165, 1.54) is 0 Å². The van der Waals surface area contributed by atoms with Crippen LogP contribution in [0, 0.1) is 5.92 Å². The fourth-order valence-electron chi connectivity index (χ4n) is 3.85. The number of ether oxygens (including phenoxy) is 1. The first-order chi connectivity index (χ1) is 12.2. The second-order valence-corrected chi connectivity index (χ2v) is 7.47. The van der Waals surface area contributed by atoms with Crippen LogP contribution in [0.2, 0.25) is 5.02 Å². The second-order valence-electron chi connectivity index (χ2n) is 7.06. The molecule has 2 saturated heterocycles. The van der Waals surface area contributed by atoms with Gasteiger partial charge in [-0.15, -0.1) is 12.4 Å². The molecule has 1 aromatic rings. The predicted molar refractivity (Wildman–Crippen MR) is 107 cm³/mol. The molecule has 1 amide bonds. The molecule has 2 N–H and O–H groups in total. The van der Waals surface area contributed by atoms with Crippen LogP contribution in [0.1, 0.15) is 31.2 Å². The quantitative estimate of drug-likeness (QED) is 0.769. The van der Waals surface area contributed by atoms with Crippen molar-refractivity contribution in [3.63, 3.8) is 0 Å². The Bertz CT molecular complexity index is 594. The van der Waals surface area contributed by atoms with Crippen LogP contribution in [0.4, 0.5) is 0 Å². The van der Waals surface area contributed by atoms with Gasteiger partial charge in [0, 0.05) is 30.2 Å². The highest BCUT2D eigenvalue weighted by Crippen LogP contribution is 2.29. The SMILES string of the molecule is COc1cccc(Cl)c1CN1CCCC(CNC(=O)C2CCCN2)C1.Cl. The maximum absolute atomic E-state index is 12.2. The average molecular weight is 402 g/mol. The molecular formula is C19H29Cl2N3O2. The monoisotopic (exact) mass is 401 g/mol. The highest BCUT2D eigenvalue weighted by molar-refractivity contribution is 6.31. The zero-order chi connectivity index (χ0) is 17.6. The molecule has 2 atom stereocenters. The first-order valence-corrected chi connectivity index (χ1v) is 9.60. The molecule has 26 heavy (non-hydrogen) atoms. The maximum Gasteiger partial charge on any atom is 0.237 e. The summed E-state index contributed by atoms with van der Waals surface area (Å²) in [6.07, 6.45) is 4.35. The van der Waals surface area contributed by atoms with Crippen LogP contribution >= 0.6 is 24.0 Å². The maximum atomic E-state index is 12.2. The van der Waals surface area contributed by atoms with E-state index in [-0.39, 0.29) is 24.4 Å². The molecule has 0 radical (unpaired) electrons. The first-order valence-electron chi connectivity index (χ1n) is 9.22. The molecular weight excluding hydrogens is 373 g/mol. The average Bonchev–Trinajstić information content (AvgIpc) is 3.16. The lowest BCUT2D eigenvalue weighted by molar-refractivity contribution is -0.123. The first kappa shape index (κ1) is 21.3. The van der Waals surface area contributed by atoms with Crippen molar-refractivity contribution in [1.29, 1.82) is 0 Å². The molecule has 0 spiro atoms. The van der Waals surface area contributed by atoms with Gasteiger partial charge >= 0.3 is 0 Å². The summed E-state index contributed by atoms with van der Waals surface area (Å²) in [4.78, 5) is 14.6. The van der Waals surface area contributed by atoms with Gasteiger partial charge in [0.15, 0.2) is 0 Å². The largest absolute Gasteiger partial charge is 0.496 e. The Hall–Kier alpha value is -1.01. The zero-order valence-corrected chi connectivity index (χ0v) is 16.9. The Labute approximate surface area is 167 Å². The van der Waals surface area contributed by atoms with Gasteiger partial charge in [0.05, 0.1) is 13.2 Å². The van der Waals surface area contributed by atoms with Crippen LogP contribution in [-0.2, 0) is 11.3 Å². The molecule has 2 unspecified atom stereocenters. The summed E-state index contributed by atoms with van der Waals surface area (Å²) in [6, 6.07) is 5.79. The van der Waals surface area contributed by atoms with Gasteiger partial charge in [-0.2, -0.15) is 0 Å². The van der Waals surface area contributed by atoms with Crippen LogP contribution in [0.15, 0.2) is 18.2 Å². The summed E-state index contributed by atoms with van der Waals surface area (Å²) in [6.45, 7) is 4.54. The molecule has 3 rings (SSSR count). The molecule has 2 fully saturated rings. The third-order valence-corrected chi connectivity index (χ3v) is 5.58. The Morgan fingerprint density at radius 2 is 2.23 bits per heavy atom. The van der Waals surface area contributed by atoms with Crippen LogP contribution in [0.3, 0.4) is 0 Å². The molecule has 2 aliphatic rings. The van der Waals surface area contributed by atoms with Crippen LogP contribution in [0.5, 0.6) is 5.75 Å². The topological polar surface area (TPSA) is 53.6 Å². The van der Waals surface area contributed by atoms with Gasteiger partial charge in [-0.1, -0.05) is 17.7 Å². The molecule has 2 heterocycles. The van der Waals surface area contributed by atoms with Crippen molar-refractivity contribution < 1.29 is 9.53 Å². The smallest absolute Gasteiger partial charge is 0.237 e. The molecule has 0 aromatic heterocycles. The zero-order valence-electron chi connectivity index (χ0n) is 15.3. The summed E-state index contributed by atoms with van der Waals surface area (Å²) in [7, 11) is 1.68. The number of nitrogens with one attached hydrogen (secondary N) is 2. The van der Waals surface area contributed by atoms with Gasteiger partial charge in [0.2, 0.25) is 5.91 Å². The van der Waals surface area contributed by atoms with E-state index in [4.69, 9.17) is 16.3 Å². The summed E-state index contributed by atoms with van der Waals surface area (Å²) < 4.78 is 5.46. The summed E-state index contributed by atoms with van der Waals surface area (Å²) in [5, 5.41) is 7.14. The van der Waals surface area contributed by atoms with E-state index in [1.54, 1.807) is 7.11 Å². The number of hydrogen-bond donors (Lipinski definition) is 2. The lowest BCUT2D eigenvalue weighted by Gasteiger charge is -2.33. The van der Waals surface area contributed by atoms with Crippen molar-refractivity contribution >= 4 is 29.9 Å². The van der Waals surface area contributed by atoms with Gasteiger partial charge in [0.1, 0.15) is 5.75 Å². The summed E-state index contributed by atoms with van der Waals surface area (Å²) in [5.41, 5.74) is 1.05. The number of carbonyl (C=O) groups excluding carboxylic acids is 1. The Kier molecular flexibility index (Phi) is 8.48. The van der Waals surface area contributed by atoms with Gasteiger partial charge in [-0.25, -0.2) is 0 Å². The number of amides is 1. The second kappa shape index (κ2) is 10.4. The Balaban J connectivity index is 0.00000243. The number of methoxy groups -OCH3 is 1. The highest BCUT2D eigenvalue weighted by atomic mass is 35.5. The molecule has 0 aliphatic carbocycles. The lowest BCUT2D eigenvalue weighted by atomic mass is 9.97. The van der Waals surface area contributed by atoms with E-state index in [1.807, 2.05) is 18.2 Å². The lowest BCUT2D eigenvalue weighted by Crippen LogP contribution is -2.45. The molecule has 0 bridgehead atoms. The van der Waals surface area contributed by atoms with Gasteiger partial charge in [-0.3, -0.25) is 9.69 Å². The van der Waals surface area contributed by atoms with Crippen molar-refractivity contribution in [3.8, 4) is 5.75 Å². The number of benzene rings is 1. The Morgan fingerprint density at radius 3 is 2.96 bits per heavy atom. The number of nitrogens with zero attached hydrogens (tertiary/aromatic N) is 1. The van der Waals surface area contributed by atoms with Crippen molar-refractivity contribution in [2.75, 3.05) is 33.3 Å². The van der Waals surface area contributed by atoms with E-state index in [0.29, 0.717) is 5.92 Å². The van der Waals surface area contributed by atoms with Crippen molar-refractivity contribution in [3.05, 3.63) is 28.8 Å². The molecule has 5 nitrogen and oxygen atoms in total. The van der Waals surface area contributed by atoms with Crippen LogP contribution < -0.4 is 15.4 Å². The molecule has 0 saturated carbocycles. The van der Waals surface area contributed by atoms with Crippen molar-refractivity contribution in [1.82, 2.24) is 15.5 Å². The number of rotatable bonds is 6. The van der Waals surface area contributed by atoms with Crippen LogP contribution in [-0.4, -0.2) is 50.1 Å². The third-order valence-electron chi connectivity index (χ3n) is 5.22. The van der Waals surface area contributed by atoms with Gasteiger partial charge in [0.25, 0.3) is 0 Å². The van der Waals surface area contributed by atoms with Crippen molar-refractivity contribution in [2.45, 2.75) is 38.3 Å². The van der Waals surface area contributed by atoms with E-state index in [2.05, 4.69) is 15.5 Å². The molecule has 7 heteroatoms. The third kappa shape index (κ3) is 5.49. The van der Waals surface area contributed by atoms with E-state index < -0.39 is 0 Å². The highest BCUT2D eigenvalue weighted by Gasteiger charge is 2.25. The van der Waals surface area contributed by atoms with Gasteiger partial charge in [-0.05, 0) is 56.8 Å². The standard InChI is InChI=1S/C19H28ClN3O2.ClH/c1-25-18-8-2-6-16(20)15(18)13-23-10-4-5-14(12-23)11-22-19(24)17-7-3-9-21-17;/h2,6,8,14,17,21H,3-5,7,9-13H2,1H3,(H,22,24);1H. The van der Waals surface area contributed by atoms with Crippen LogP contribution in [0.25, 0.3) is 0 Å². The number of carbonyl (C=O) groups is 1. The molecule has 2 aliphatic heterocycles. The number of halogens is 2. The number of hydrogen-bond acceptors (Lipinski definition) is 4. The van der Waals surface area contributed by atoms with Gasteiger partial charge < -0.3 is 15.4 Å². The fraction of sp³-hybridized carbons (Fsp3) is 0.632. The van der Waals surface area contributed by atoms with E-state index in [9.17, 15) is 4.79 Å². The number of likely N-dealkylation sites (tertiary alicyclic amines) is 1. The predicted octanol–water partition coefficient (Wildman–Crippen LogP) is 2.85. The van der Waals surface area contributed by atoms with Crippen molar-refractivity contribution in [2.24, 2.45) is 5.92 Å².